The average molecular weight is 506 g/mol. The molecule has 3 aliphatic rings. The standard InChI is InChI=1S/C28H35N5O4/c1-27(2,3)37-26(34)33-15-14-32(18-19(33)10-13-29)24-20-9-11-28(17-22(20)30-25(31-24)35-4)12-16-36-23-8-6-5-7-21(23)28/h5-8,19H,9-12,14-18H2,1-4H3. The van der Waals surface area contributed by atoms with Gasteiger partial charge in [-0.15, -0.1) is 0 Å². The van der Waals surface area contributed by atoms with Gasteiger partial charge in [0.05, 0.1) is 37.9 Å². The van der Waals surface area contributed by atoms with Crippen molar-refractivity contribution in [1.82, 2.24) is 14.9 Å². The van der Waals surface area contributed by atoms with E-state index in [4.69, 9.17) is 24.2 Å². The zero-order valence-corrected chi connectivity index (χ0v) is 22.1. The van der Waals surface area contributed by atoms with Crippen molar-refractivity contribution < 1.29 is 19.0 Å². The number of aromatic nitrogens is 2. The van der Waals surface area contributed by atoms with Crippen LogP contribution in [-0.2, 0) is 23.0 Å². The maximum absolute atomic E-state index is 12.9. The van der Waals surface area contributed by atoms with Gasteiger partial charge in [0, 0.05) is 42.6 Å². The minimum atomic E-state index is -0.594. The maximum atomic E-state index is 12.9. The fourth-order valence-corrected chi connectivity index (χ4v) is 5.88. The highest BCUT2D eigenvalue weighted by molar-refractivity contribution is 5.69. The van der Waals surface area contributed by atoms with E-state index in [0.29, 0.717) is 32.3 Å². The summed E-state index contributed by atoms with van der Waals surface area (Å²) in [5, 5.41) is 9.50. The van der Waals surface area contributed by atoms with Crippen molar-refractivity contribution in [2.45, 2.75) is 69.9 Å². The highest BCUT2D eigenvalue weighted by Gasteiger charge is 2.43. The average Bonchev–Trinajstić information content (AvgIpc) is 2.87. The van der Waals surface area contributed by atoms with E-state index >= 15 is 0 Å². The molecular formula is C28H35N5O4. The third kappa shape index (κ3) is 4.89. The molecule has 2 aromatic rings. The van der Waals surface area contributed by atoms with Crippen molar-refractivity contribution in [3.05, 3.63) is 41.1 Å². The first-order valence-corrected chi connectivity index (χ1v) is 13.0. The molecule has 9 nitrogen and oxygen atoms in total. The van der Waals surface area contributed by atoms with Gasteiger partial charge in [0.25, 0.3) is 0 Å². The SMILES string of the molecule is COc1nc2c(c(N3CCN(C(=O)OC(C)(C)C)C(CC#N)C3)n1)CCC1(CCOc3ccccc31)C2. The van der Waals surface area contributed by atoms with Crippen molar-refractivity contribution in [2.75, 3.05) is 38.3 Å². The number of nitriles is 1. The van der Waals surface area contributed by atoms with Crippen LogP contribution in [0.2, 0.25) is 0 Å². The number of carbonyl (C=O) groups is 1. The minimum Gasteiger partial charge on any atom is -0.493 e. The Bertz CT molecular complexity index is 1220. The van der Waals surface area contributed by atoms with Gasteiger partial charge >= 0.3 is 12.1 Å². The van der Waals surface area contributed by atoms with Crippen LogP contribution < -0.4 is 14.4 Å². The van der Waals surface area contributed by atoms with Crippen LogP contribution >= 0.6 is 0 Å². The fraction of sp³-hybridized carbons (Fsp3) is 0.571. The maximum Gasteiger partial charge on any atom is 0.410 e. The Kier molecular flexibility index (Phi) is 6.61. The van der Waals surface area contributed by atoms with Crippen LogP contribution in [0.4, 0.5) is 10.6 Å². The fourth-order valence-electron chi connectivity index (χ4n) is 5.88. The Morgan fingerprint density at radius 1 is 1.24 bits per heavy atom. The number of fused-ring (bicyclic) bond motifs is 3. The number of nitrogens with zero attached hydrogens (tertiary/aromatic N) is 5. The summed E-state index contributed by atoms with van der Waals surface area (Å²) in [4.78, 5) is 26.3. The van der Waals surface area contributed by atoms with E-state index in [1.54, 1.807) is 12.0 Å². The van der Waals surface area contributed by atoms with Crippen LogP contribution in [0.25, 0.3) is 0 Å². The lowest BCUT2D eigenvalue weighted by Gasteiger charge is -2.44. The predicted octanol–water partition coefficient (Wildman–Crippen LogP) is 4.03. The molecule has 1 aromatic heterocycles. The Morgan fingerprint density at radius 3 is 2.81 bits per heavy atom. The van der Waals surface area contributed by atoms with Crippen molar-refractivity contribution in [2.24, 2.45) is 0 Å². The van der Waals surface area contributed by atoms with Crippen LogP contribution in [0.15, 0.2) is 24.3 Å². The third-order valence-corrected chi connectivity index (χ3v) is 7.63. The Hall–Kier alpha value is -3.54. The van der Waals surface area contributed by atoms with E-state index in [1.807, 2.05) is 26.8 Å². The number of hydrogen-bond donors (Lipinski definition) is 0. The number of carbonyl (C=O) groups excluding carboxylic acids is 1. The van der Waals surface area contributed by atoms with E-state index in [9.17, 15) is 10.1 Å². The molecule has 0 radical (unpaired) electrons. The van der Waals surface area contributed by atoms with Gasteiger partial charge in [-0.05, 0) is 46.1 Å². The lowest BCUT2D eigenvalue weighted by atomic mass is 9.66. The number of ether oxygens (including phenoxy) is 3. The summed E-state index contributed by atoms with van der Waals surface area (Å²) < 4.78 is 17.1. The van der Waals surface area contributed by atoms with Crippen LogP contribution in [-0.4, -0.2) is 66.0 Å². The van der Waals surface area contributed by atoms with E-state index in [0.717, 1.165) is 48.5 Å². The first-order valence-electron chi connectivity index (χ1n) is 13.0. The molecule has 1 amide bonds. The molecule has 0 N–H and O–H groups in total. The molecule has 3 heterocycles. The van der Waals surface area contributed by atoms with Crippen molar-refractivity contribution in [3.63, 3.8) is 0 Å². The van der Waals surface area contributed by atoms with Gasteiger partial charge in [-0.25, -0.2) is 4.79 Å². The third-order valence-electron chi connectivity index (χ3n) is 7.63. The molecule has 196 valence electrons. The summed E-state index contributed by atoms with van der Waals surface area (Å²) >= 11 is 0. The van der Waals surface area contributed by atoms with Crippen LogP contribution in [0, 0.1) is 11.3 Å². The van der Waals surface area contributed by atoms with Gasteiger partial charge in [0.1, 0.15) is 17.2 Å². The smallest absolute Gasteiger partial charge is 0.410 e. The second kappa shape index (κ2) is 9.73. The van der Waals surface area contributed by atoms with Gasteiger partial charge in [-0.2, -0.15) is 15.2 Å². The quantitative estimate of drug-likeness (QED) is 0.616. The predicted molar refractivity (Wildman–Crippen MR) is 138 cm³/mol. The summed E-state index contributed by atoms with van der Waals surface area (Å²) in [5.74, 6) is 1.82. The molecule has 1 spiro atoms. The largest absolute Gasteiger partial charge is 0.493 e. The van der Waals surface area contributed by atoms with Crippen molar-refractivity contribution in [3.8, 4) is 17.8 Å². The zero-order chi connectivity index (χ0) is 26.2. The lowest BCUT2D eigenvalue weighted by molar-refractivity contribution is 0.0144. The number of amides is 1. The molecule has 2 atom stereocenters. The van der Waals surface area contributed by atoms with Gasteiger partial charge < -0.3 is 24.0 Å². The molecule has 1 aromatic carbocycles. The Morgan fingerprint density at radius 2 is 2.05 bits per heavy atom. The van der Waals surface area contributed by atoms with Gasteiger partial charge in [-0.3, -0.25) is 0 Å². The lowest BCUT2D eigenvalue weighted by Crippen LogP contribution is -2.56. The summed E-state index contributed by atoms with van der Waals surface area (Å²) in [7, 11) is 1.59. The summed E-state index contributed by atoms with van der Waals surface area (Å²) in [6, 6.07) is 10.6. The van der Waals surface area contributed by atoms with Crippen molar-refractivity contribution in [1.29, 1.82) is 5.26 Å². The first-order chi connectivity index (χ1) is 17.7. The van der Waals surface area contributed by atoms with Gasteiger partial charge in [-0.1, -0.05) is 18.2 Å². The second-order valence-corrected chi connectivity index (χ2v) is 11.1. The van der Waals surface area contributed by atoms with Gasteiger partial charge in [0.2, 0.25) is 0 Å². The van der Waals surface area contributed by atoms with Crippen molar-refractivity contribution >= 4 is 11.9 Å². The number of methoxy groups -OCH3 is 1. The Balaban J connectivity index is 1.44. The molecule has 2 unspecified atom stereocenters. The molecule has 1 saturated heterocycles. The molecule has 0 bridgehead atoms. The number of hydrogen-bond acceptors (Lipinski definition) is 8. The van der Waals surface area contributed by atoms with E-state index in [2.05, 4.69) is 29.2 Å². The number of piperazine rings is 1. The highest BCUT2D eigenvalue weighted by Crippen LogP contribution is 2.48. The number of benzene rings is 1. The first kappa shape index (κ1) is 25.1. The molecule has 5 rings (SSSR count). The van der Waals surface area contributed by atoms with Gasteiger partial charge in [0.15, 0.2) is 0 Å². The number of anilines is 1. The summed E-state index contributed by atoms with van der Waals surface area (Å²) in [6.07, 6.45) is 3.42. The van der Waals surface area contributed by atoms with E-state index in [1.165, 1.54) is 5.56 Å². The molecule has 1 fully saturated rings. The number of para-hydroxylation sites is 1. The molecule has 37 heavy (non-hydrogen) atoms. The Labute approximate surface area is 218 Å². The molecular weight excluding hydrogens is 470 g/mol. The topological polar surface area (TPSA) is 101 Å². The monoisotopic (exact) mass is 505 g/mol. The molecule has 2 aliphatic heterocycles. The van der Waals surface area contributed by atoms with E-state index < -0.39 is 5.60 Å². The molecule has 9 heteroatoms. The van der Waals surface area contributed by atoms with Crippen LogP contribution in [0.5, 0.6) is 11.8 Å². The minimum absolute atomic E-state index is 0.0166. The molecule has 0 saturated carbocycles. The van der Waals surface area contributed by atoms with Crippen LogP contribution in [0.1, 0.15) is 56.9 Å². The van der Waals surface area contributed by atoms with E-state index in [-0.39, 0.29) is 24.0 Å². The second-order valence-electron chi connectivity index (χ2n) is 11.1. The molecule has 1 aliphatic carbocycles. The number of rotatable bonds is 3. The zero-order valence-electron chi connectivity index (χ0n) is 22.1. The van der Waals surface area contributed by atoms with Crippen LogP contribution in [0.3, 0.4) is 0 Å². The summed E-state index contributed by atoms with van der Waals surface area (Å²) in [6.45, 7) is 7.80. The normalized spacial score (nSPS) is 22.9. The highest BCUT2D eigenvalue weighted by atomic mass is 16.6. The summed E-state index contributed by atoms with van der Waals surface area (Å²) in [5.41, 5.74) is 2.79.